The van der Waals surface area contributed by atoms with E-state index in [0.717, 1.165) is 0 Å². The van der Waals surface area contributed by atoms with Crippen molar-refractivity contribution in [2.75, 3.05) is 25.4 Å². The van der Waals surface area contributed by atoms with Gasteiger partial charge in [-0.1, -0.05) is 12.8 Å². The summed E-state index contributed by atoms with van der Waals surface area (Å²) in [7, 11) is -3.19. The molecule has 0 aromatic heterocycles. The lowest BCUT2D eigenvalue weighted by atomic mass is 10.5. The molecule has 0 aromatic carbocycles. The van der Waals surface area contributed by atoms with Crippen LogP contribution in [-0.4, -0.2) is 38.1 Å². The average molecular weight is 204 g/mol. The third-order valence-electron chi connectivity index (χ3n) is 1.62. The highest BCUT2D eigenvalue weighted by Crippen LogP contribution is 2.01. The lowest BCUT2D eigenvalue weighted by molar-refractivity contribution is 0.463. The molecule has 0 aliphatic rings. The van der Waals surface area contributed by atoms with Crippen molar-refractivity contribution in [3.63, 3.8) is 0 Å². The molecule has 5 heteroatoms. The Morgan fingerprint density at radius 1 is 1.54 bits per heavy atom. The molecule has 13 heavy (non-hydrogen) atoms. The van der Waals surface area contributed by atoms with Crippen LogP contribution in [-0.2, 0) is 10.0 Å². The Kier molecular flexibility index (Phi) is 5.71. The SMILES string of the molecule is C#CCN(CC)S(=O)(=O)CCCN. The number of hydrogen-bond acceptors (Lipinski definition) is 3. The Labute approximate surface area is 80.2 Å². The Morgan fingerprint density at radius 3 is 2.54 bits per heavy atom. The smallest absolute Gasteiger partial charge is 0.215 e. The molecule has 0 saturated carbocycles. The Bertz CT molecular complexity index is 266. The molecule has 4 nitrogen and oxygen atoms in total. The second-order valence-electron chi connectivity index (χ2n) is 2.59. The second-order valence-corrected chi connectivity index (χ2v) is 4.68. The first-order valence-electron chi connectivity index (χ1n) is 4.19. The van der Waals surface area contributed by atoms with Crippen LogP contribution in [0.5, 0.6) is 0 Å². The van der Waals surface area contributed by atoms with Gasteiger partial charge in [-0.2, -0.15) is 4.31 Å². The van der Waals surface area contributed by atoms with Gasteiger partial charge in [0.15, 0.2) is 0 Å². The zero-order valence-electron chi connectivity index (χ0n) is 7.86. The minimum absolute atomic E-state index is 0.0824. The van der Waals surface area contributed by atoms with Crippen LogP contribution in [0.25, 0.3) is 0 Å². The molecule has 0 amide bonds. The van der Waals surface area contributed by atoms with E-state index in [1.54, 1.807) is 6.92 Å². The summed E-state index contributed by atoms with van der Waals surface area (Å²) in [5, 5.41) is 0. The maximum atomic E-state index is 11.5. The van der Waals surface area contributed by atoms with E-state index < -0.39 is 10.0 Å². The summed E-state index contributed by atoms with van der Waals surface area (Å²) >= 11 is 0. The molecule has 0 spiro atoms. The molecule has 0 saturated heterocycles. The quantitative estimate of drug-likeness (QED) is 0.600. The number of hydrogen-bond donors (Lipinski definition) is 1. The summed E-state index contributed by atoms with van der Waals surface area (Å²) in [6.45, 7) is 2.70. The first kappa shape index (κ1) is 12.4. The Balaban J connectivity index is 4.32. The van der Waals surface area contributed by atoms with E-state index >= 15 is 0 Å². The molecule has 76 valence electrons. The normalized spacial score (nSPS) is 11.5. The molecule has 0 aromatic rings. The largest absolute Gasteiger partial charge is 0.330 e. The van der Waals surface area contributed by atoms with Crippen molar-refractivity contribution in [2.45, 2.75) is 13.3 Å². The summed E-state index contributed by atoms with van der Waals surface area (Å²) in [5.41, 5.74) is 5.23. The fraction of sp³-hybridized carbons (Fsp3) is 0.750. The van der Waals surface area contributed by atoms with Crippen LogP contribution in [0.1, 0.15) is 13.3 Å². The zero-order valence-corrected chi connectivity index (χ0v) is 8.68. The highest BCUT2D eigenvalue weighted by atomic mass is 32.2. The van der Waals surface area contributed by atoms with Gasteiger partial charge in [0.2, 0.25) is 10.0 Å². The third-order valence-corrected chi connectivity index (χ3v) is 3.60. The Hall–Kier alpha value is -0.570. The van der Waals surface area contributed by atoms with Crippen molar-refractivity contribution < 1.29 is 8.42 Å². The van der Waals surface area contributed by atoms with Crippen molar-refractivity contribution in [3.05, 3.63) is 0 Å². The van der Waals surface area contributed by atoms with Crippen molar-refractivity contribution in [1.82, 2.24) is 4.31 Å². The maximum absolute atomic E-state index is 11.5. The summed E-state index contributed by atoms with van der Waals surface area (Å²) in [5.74, 6) is 2.40. The summed E-state index contributed by atoms with van der Waals surface area (Å²) < 4.78 is 24.3. The predicted octanol–water partition coefficient (Wildman–Crippen LogP) is -0.380. The van der Waals surface area contributed by atoms with Gasteiger partial charge in [0.05, 0.1) is 12.3 Å². The van der Waals surface area contributed by atoms with Gasteiger partial charge in [0.25, 0.3) is 0 Å². The van der Waals surface area contributed by atoms with E-state index in [2.05, 4.69) is 5.92 Å². The third kappa shape index (κ3) is 4.27. The summed E-state index contributed by atoms with van der Waals surface area (Å²) in [4.78, 5) is 0. The van der Waals surface area contributed by atoms with Crippen LogP contribution in [0.4, 0.5) is 0 Å². The van der Waals surface area contributed by atoms with Gasteiger partial charge in [-0.05, 0) is 13.0 Å². The number of nitrogens with zero attached hydrogens (tertiary/aromatic N) is 1. The number of nitrogens with two attached hydrogens (primary N) is 1. The van der Waals surface area contributed by atoms with E-state index in [0.29, 0.717) is 19.5 Å². The molecule has 0 heterocycles. The van der Waals surface area contributed by atoms with Gasteiger partial charge in [-0.3, -0.25) is 0 Å². The number of sulfonamides is 1. The van der Waals surface area contributed by atoms with E-state index in [9.17, 15) is 8.42 Å². The number of terminal acetylenes is 1. The van der Waals surface area contributed by atoms with Gasteiger partial charge in [0, 0.05) is 6.54 Å². The maximum Gasteiger partial charge on any atom is 0.215 e. The number of rotatable bonds is 6. The van der Waals surface area contributed by atoms with Crippen molar-refractivity contribution in [3.8, 4) is 12.3 Å². The molecule has 0 radical (unpaired) electrons. The van der Waals surface area contributed by atoms with Gasteiger partial charge < -0.3 is 5.73 Å². The topological polar surface area (TPSA) is 63.4 Å². The zero-order chi connectivity index (χ0) is 10.3. The first-order valence-corrected chi connectivity index (χ1v) is 5.80. The highest BCUT2D eigenvalue weighted by Gasteiger charge is 2.18. The van der Waals surface area contributed by atoms with Gasteiger partial charge in [-0.15, -0.1) is 6.42 Å². The Morgan fingerprint density at radius 2 is 2.15 bits per heavy atom. The standard InChI is InChI=1S/C8H16N2O2S/c1-3-7-10(4-2)13(11,12)8-5-6-9/h1H,4-9H2,2H3. The molecule has 2 N–H and O–H groups in total. The van der Waals surface area contributed by atoms with E-state index in [1.165, 1.54) is 4.31 Å². The first-order chi connectivity index (χ1) is 6.08. The molecule has 0 aliphatic carbocycles. The fourth-order valence-corrected chi connectivity index (χ4v) is 2.36. The summed E-state index contributed by atoms with van der Waals surface area (Å²) in [6.07, 6.45) is 5.53. The minimum Gasteiger partial charge on any atom is -0.330 e. The lowest BCUT2D eigenvalue weighted by Gasteiger charge is -2.17. The van der Waals surface area contributed by atoms with Gasteiger partial charge in [0.1, 0.15) is 0 Å². The van der Waals surface area contributed by atoms with Crippen LogP contribution in [0, 0.1) is 12.3 Å². The lowest BCUT2D eigenvalue weighted by Crippen LogP contribution is -2.33. The molecule has 0 unspecified atom stereocenters. The second kappa shape index (κ2) is 5.97. The minimum atomic E-state index is -3.19. The van der Waals surface area contributed by atoms with E-state index in [1.807, 2.05) is 0 Å². The highest BCUT2D eigenvalue weighted by molar-refractivity contribution is 7.89. The predicted molar refractivity (Wildman–Crippen MR) is 53.5 cm³/mol. The van der Waals surface area contributed by atoms with Gasteiger partial charge in [-0.25, -0.2) is 8.42 Å². The van der Waals surface area contributed by atoms with Crippen molar-refractivity contribution in [1.29, 1.82) is 0 Å². The van der Waals surface area contributed by atoms with Crippen molar-refractivity contribution in [2.24, 2.45) is 5.73 Å². The monoisotopic (exact) mass is 204 g/mol. The molecular formula is C8H16N2O2S. The van der Waals surface area contributed by atoms with Crippen LogP contribution in [0.15, 0.2) is 0 Å². The molecule has 0 bridgehead atoms. The van der Waals surface area contributed by atoms with Crippen molar-refractivity contribution >= 4 is 10.0 Å². The van der Waals surface area contributed by atoms with Gasteiger partial charge >= 0.3 is 0 Å². The summed E-state index contributed by atoms with van der Waals surface area (Å²) in [6, 6.07) is 0. The molecular weight excluding hydrogens is 188 g/mol. The molecule has 0 aliphatic heterocycles. The van der Waals surface area contributed by atoms with Crippen LogP contribution in [0.3, 0.4) is 0 Å². The molecule has 0 atom stereocenters. The van der Waals surface area contributed by atoms with Crippen LogP contribution >= 0.6 is 0 Å². The van der Waals surface area contributed by atoms with Crippen LogP contribution < -0.4 is 5.73 Å². The van der Waals surface area contributed by atoms with Crippen LogP contribution in [0.2, 0.25) is 0 Å². The average Bonchev–Trinajstić information content (AvgIpc) is 2.10. The fourth-order valence-electron chi connectivity index (χ4n) is 0.903. The van der Waals surface area contributed by atoms with E-state index in [4.69, 9.17) is 12.2 Å². The molecule has 0 fully saturated rings. The molecule has 0 rings (SSSR count). The van der Waals surface area contributed by atoms with E-state index in [-0.39, 0.29) is 12.3 Å².